The van der Waals surface area contributed by atoms with Crippen molar-refractivity contribution in [3.8, 4) is 0 Å². The van der Waals surface area contributed by atoms with Crippen molar-refractivity contribution < 1.29 is 4.79 Å². The molecule has 2 saturated heterocycles. The molecule has 1 unspecified atom stereocenters. The van der Waals surface area contributed by atoms with Gasteiger partial charge in [0.05, 0.1) is 5.41 Å². The Labute approximate surface area is 123 Å². The lowest BCUT2D eigenvalue weighted by Gasteiger charge is -2.38. The van der Waals surface area contributed by atoms with E-state index in [1.807, 2.05) is 0 Å². The highest BCUT2D eigenvalue weighted by molar-refractivity contribution is 5.82. The lowest BCUT2D eigenvalue weighted by Crippen LogP contribution is -2.51. The van der Waals surface area contributed by atoms with Crippen LogP contribution in [0.3, 0.4) is 0 Å². The van der Waals surface area contributed by atoms with Crippen molar-refractivity contribution in [2.45, 2.75) is 57.9 Å². The van der Waals surface area contributed by atoms with Gasteiger partial charge in [0.2, 0.25) is 5.91 Å². The van der Waals surface area contributed by atoms with E-state index in [0.717, 1.165) is 45.3 Å². The van der Waals surface area contributed by atoms with Crippen LogP contribution in [0.1, 0.15) is 51.9 Å². The molecular weight excluding hydrogens is 250 g/mol. The van der Waals surface area contributed by atoms with Crippen LogP contribution in [0.2, 0.25) is 0 Å². The minimum Gasteiger partial charge on any atom is -0.354 e. The van der Waals surface area contributed by atoms with Crippen LogP contribution in [0.5, 0.6) is 0 Å². The number of piperidine rings is 2. The molecule has 1 atom stereocenters. The summed E-state index contributed by atoms with van der Waals surface area (Å²) in [5, 5.41) is 6.65. The highest BCUT2D eigenvalue weighted by Crippen LogP contribution is 2.34. The molecule has 0 aromatic heterocycles. The summed E-state index contributed by atoms with van der Waals surface area (Å²) in [6.45, 7) is 6.15. The van der Waals surface area contributed by atoms with Gasteiger partial charge in [-0.05, 0) is 58.8 Å². The second-order valence-electron chi connectivity index (χ2n) is 6.62. The number of hydrogen-bond acceptors (Lipinski definition) is 3. The van der Waals surface area contributed by atoms with Gasteiger partial charge in [-0.1, -0.05) is 19.8 Å². The molecule has 0 spiro atoms. The summed E-state index contributed by atoms with van der Waals surface area (Å²) in [5.41, 5.74) is -0.104. The number of nitrogens with one attached hydrogen (secondary N) is 2. The molecule has 0 aliphatic carbocycles. The van der Waals surface area contributed by atoms with E-state index in [1.165, 1.54) is 25.8 Å². The van der Waals surface area contributed by atoms with Gasteiger partial charge < -0.3 is 15.5 Å². The first kappa shape index (κ1) is 15.8. The summed E-state index contributed by atoms with van der Waals surface area (Å²) in [6.07, 6.45) is 7.93. The van der Waals surface area contributed by atoms with Crippen LogP contribution in [0, 0.1) is 5.41 Å². The summed E-state index contributed by atoms with van der Waals surface area (Å²) in [6, 6.07) is 0.535. The van der Waals surface area contributed by atoms with E-state index < -0.39 is 0 Å². The Morgan fingerprint density at radius 3 is 2.75 bits per heavy atom. The number of amides is 1. The molecule has 0 aromatic rings. The van der Waals surface area contributed by atoms with Gasteiger partial charge in [0.15, 0.2) is 0 Å². The smallest absolute Gasteiger partial charge is 0.226 e. The molecule has 0 saturated carbocycles. The molecule has 4 nitrogen and oxygen atoms in total. The quantitative estimate of drug-likeness (QED) is 0.807. The Bertz CT molecular complexity index is 307. The monoisotopic (exact) mass is 281 g/mol. The molecular formula is C16H31N3O. The lowest BCUT2D eigenvalue weighted by molar-refractivity contribution is -0.133. The fourth-order valence-corrected chi connectivity index (χ4v) is 3.77. The molecule has 0 aromatic carbocycles. The fourth-order valence-electron chi connectivity index (χ4n) is 3.77. The number of likely N-dealkylation sites (N-methyl/N-ethyl adjacent to an activating group) is 1. The molecule has 2 heterocycles. The summed E-state index contributed by atoms with van der Waals surface area (Å²) in [4.78, 5) is 15.1. The van der Waals surface area contributed by atoms with Gasteiger partial charge in [0.1, 0.15) is 0 Å². The number of carbonyl (C=O) groups excluding carboxylic acids is 1. The predicted molar refractivity (Wildman–Crippen MR) is 82.7 cm³/mol. The third-order valence-corrected chi connectivity index (χ3v) is 5.19. The Hall–Kier alpha value is -0.610. The van der Waals surface area contributed by atoms with E-state index >= 15 is 0 Å². The van der Waals surface area contributed by atoms with E-state index in [-0.39, 0.29) is 5.41 Å². The van der Waals surface area contributed by atoms with Gasteiger partial charge >= 0.3 is 0 Å². The van der Waals surface area contributed by atoms with Gasteiger partial charge in [0, 0.05) is 12.6 Å². The van der Waals surface area contributed by atoms with Crippen LogP contribution in [-0.2, 0) is 4.79 Å². The average Bonchev–Trinajstić information content (AvgIpc) is 2.47. The van der Waals surface area contributed by atoms with Crippen LogP contribution in [0.4, 0.5) is 0 Å². The van der Waals surface area contributed by atoms with Crippen molar-refractivity contribution in [2.75, 3.05) is 33.2 Å². The van der Waals surface area contributed by atoms with E-state index in [9.17, 15) is 4.79 Å². The summed E-state index contributed by atoms with van der Waals surface area (Å²) in [7, 11) is 2.18. The lowest BCUT2D eigenvalue weighted by atomic mass is 9.74. The van der Waals surface area contributed by atoms with E-state index in [4.69, 9.17) is 0 Å². The molecule has 2 aliphatic heterocycles. The van der Waals surface area contributed by atoms with E-state index in [2.05, 4.69) is 29.5 Å². The van der Waals surface area contributed by atoms with E-state index in [0.29, 0.717) is 11.9 Å². The normalized spacial score (nSPS) is 27.2. The first-order valence-electron chi connectivity index (χ1n) is 8.37. The van der Waals surface area contributed by atoms with Gasteiger partial charge in [-0.3, -0.25) is 4.79 Å². The van der Waals surface area contributed by atoms with Crippen molar-refractivity contribution in [2.24, 2.45) is 5.41 Å². The summed E-state index contributed by atoms with van der Waals surface area (Å²) >= 11 is 0. The molecule has 2 rings (SSSR count). The number of likely N-dealkylation sites (tertiary alicyclic amines) is 1. The second-order valence-corrected chi connectivity index (χ2v) is 6.62. The maximum absolute atomic E-state index is 12.7. The minimum atomic E-state index is -0.104. The van der Waals surface area contributed by atoms with Crippen LogP contribution < -0.4 is 10.6 Å². The summed E-state index contributed by atoms with van der Waals surface area (Å²) < 4.78 is 0. The van der Waals surface area contributed by atoms with Crippen molar-refractivity contribution in [1.82, 2.24) is 15.5 Å². The highest BCUT2D eigenvalue weighted by atomic mass is 16.2. The number of nitrogens with zero attached hydrogens (tertiary/aromatic N) is 1. The fraction of sp³-hybridized carbons (Fsp3) is 0.938. The summed E-state index contributed by atoms with van der Waals surface area (Å²) in [5.74, 6) is 0.305. The van der Waals surface area contributed by atoms with Gasteiger partial charge in [0.25, 0.3) is 0 Å². The first-order valence-corrected chi connectivity index (χ1v) is 8.37. The first-order chi connectivity index (χ1) is 9.68. The molecule has 0 radical (unpaired) electrons. The zero-order chi connectivity index (χ0) is 14.4. The largest absolute Gasteiger partial charge is 0.354 e. The molecule has 2 fully saturated rings. The second kappa shape index (κ2) is 7.41. The topological polar surface area (TPSA) is 44.4 Å². The molecule has 1 amide bonds. The SMILES string of the molecule is CCCC1(C(=O)NCC2CCCCN2C)CCNCC1. The number of carbonyl (C=O) groups is 1. The molecule has 4 heteroatoms. The Balaban J connectivity index is 1.87. The number of hydrogen-bond donors (Lipinski definition) is 2. The maximum atomic E-state index is 12.7. The van der Waals surface area contributed by atoms with Crippen LogP contribution >= 0.6 is 0 Å². The number of rotatable bonds is 5. The van der Waals surface area contributed by atoms with Crippen molar-refractivity contribution in [1.29, 1.82) is 0 Å². The molecule has 116 valence electrons. The van der Waals surface area contributed by atoms with Crippen LogP contribution in [-0.4, -0.2) is 50.1 Å². The van der Waals surface area contributed by atoms with Crippen LogP contribution in [0.25, 0.3) is 0 Å². The van der Waals surface area contributed by atoms with Gasteiger partial charge in [-0.15, -0.1) is 0 Å². The minimum absolute atomic E-state index is 0.104. The molecule has 2 aliphatic rings. The van der Waals surface area contributed by atoms with Crippen molar-refractivity contribution >= 4 is 5.91 Å². The molecule has 0 bridgehead atoms. The third kappa shape index (κ3) is 3.73. The van der Waals surface area contributed by atoms with Crippen molar-refractivity contribution in [3.05, 3.63) is 0 Å². The zero-order valence-electron chi connectivity index (χ0n) is 13.2. The Morgan fingerprint density at radius 2 is 2.10 bits per heavy atom. The van der Waals surface area contributed by atoms with E-state index in [1.54, 1.807) is 0 Å². The standard InChI is InChI=1S/C16H31N3O/c1-3-7-16(8-10-17-11-9-16)15(20)18-13-14-6-4-5-12-19(14)2/h14,17H,3-13H2,1-2H3,(H,18,20). The average molecular weight is 281 g/mol. The van der Waals surface area contributed by atoms with Gasteiger partial charge in [-0.2, -0.15) is 0 Å². The molecule has 20 heavy (non-hydrogen) atoms. The van der Waals surface area contributed by atoms with Crippen LogP contribution in [0.15, 0.2) is 0 Å². The van der Waals surface area contributed by atoms with Crippen molar-refractivity contribution in [3.63, 3.8) is 0 Å². The third-order valence-electron chi connectivity index (χ3n) is 5.19. The highest BCUT2D eigenvalue weighted by Gasteiger charge is 2.38. The molecule has 2 N–H and O–H groups in total. The Morgan fingerprint density at radius 1 is 1.35 bits per heavy atom. The van der Waals surface area contributed by atoms with Gasteiger partial charge in [-0.25, -0.2) is 0 Å². The maximum Gasteiger partial charge on any atom is 0.226 e. The predicted octanol–water partition coefficient (Wildman–Crippen LogP) is 1.76. The zero-order valence-corrected chi connectivity index (χ0v) is 13.2. The Kier molecular flexibility index (Phi) is 5.85.